The first-order chi connectivity index (χ1) is 14.6. The monoisotopic (exact) mass is 427 g/mol. The third kappa shape index (κ3) is 7.25. The minimum absolute atomic E-state index is 0.0799. The first kappa shape index (κ1) is 21.4. The molecule has 1 N–H and O–H groups in total. The number of amides is 1. The maximum Gasteiger partial charge on any atom is 0.316 e. The molecule has 0 bridgehead atoms. The highest BCUT2D eigenvalue weighted by Crippen LogP contribution is 2.15. The van der Waals surface area contributed by atoms with E-state index in [1.807, 2.05) is 42.5 Å². The minimum atomic E-state index is -0.388. The molecule has 0 radical (unpaired) electrons. The molecule has 2 heterocycles. The average molecular weight is 427 g/mol. The molecule has 9 heteroatoms. The van der Waals surface area contributed by atoms with Gasteiger partial charge in [0, 0.05) is 12.3 Å². The number of hydrogen-bond donors (Lipinski definition) is 1. The molecule has 1 aromatic carbocycles. The fourth-order valence-corrected chi connectivity index (χ4v) is 2.97. The zero-order chi connectivity index (χ0) is 21.2. The van der Waals surface area contributed by atoms with E-state index < -0.39 is 0 Å². The molecule has 3 rings (SSSR count). The van der Waals surface area contributed by atoms with E-state index in [0.717, 1.165) is 11.3 Å². The van der Waals surface area contributed by atoms with Crippen molar-refractivity contribution in [3.63, 3.8) is 0 Å². The highest BCUT2D eigenvalue weighted by Gasteiger charge is 2.09. The highest BCUT2D eigenvalue weighted by atomic mass is 32.2. The molecule has 0 aliphatic rings. The third-order valence-electron chi connectivity index (χ3n) is 3.78. The number of carbonyl (C=O) groups is 2. The summed E-state index contributed by atoms with van der Waals surface area (Å²) in [5.74, 6) is 1.21. The van der Waals surface area contributed by atoms with Crippen LogP contribution in [0.15, 0.2) is 59.3 Å². The number of nitrogens with one attached hydrogen (secondary N) is 1. The van der Waals surface area contributed by atoms with E-state index in [9.17, 15) is 9.59 Å². The molecule has 2 aromatic heterocycles. The van der Waals surface area contributed by atoms with Gasteiger partial charge in [0.15, 0.2) is 5.82 Å². The van der Waals surface area contributed by atoms with Crippen LogP contribution < -0.4 is 10.1 Å². The number of hydrogen-bond acceptors (Lipinski definition) is 8. The molecular formula is C21H21N3O5S. The molecule has 0 fully saturated rings. The van der Waals surface area contributed by atoms with Gasteiger partial charge in [0.05, 0.1) is 17.2 Å². The van der Waals surface area contributed by atoms with E-state index in [1.54, 1.807) is 19.2 Å². The lowest BCUT2D eigenvalue weighted by Gasteiger charge is -2.08. The fourth-order valence-electron chi connectivity index (χ4n) is 2.36. The van der Waals surface area contributed by atoms with Crippen molar-refractivity contribution >= 4 is 29.5 Å². The van der Waals surface area contributed by atoms with Crippen LogP contribution in [0.5, 0.6) is 5.75 Å². The third-order valence-corrected chi connectivity index (χ3v) is 4.69. The first-order valence-electron chi connectivity index (χ1n) is 9.16. The number of nitrogens with zero attached hydrogens (tertiary/aromatic N) is 2. The highest BCUT2D eigenvalue weighted by molar-refractivity contribution is 8.00. The number of pyridine rings is 1. The Labute approximate surface area is 178 Å². The topological polar surface area (TPSA) is 104 Å². The Kier molecular flexibility index (Phi) is 7.85. The molecule has 0 saturated heterocycles. The molecule has 0 aliphatic heterocycles. The van der Waals surface area contributed by atoms with Gasteiger partial charge in [0.1, 0.15) is 24.7 Å². The number of carbonyl (C=O) groups excluding carboxylic acids is 2. The second-order valence-corrected chi connectivity index (χ2v) is 7.26. The quantitative estimate of drug-likeness (QED) is 0.491. The Balaban J connectivity index is 1.31. The maximum atomic E-state index is 11.9. The van der Waals surface area contributed by atoms with Crippen LogP contribution in [0.4, 0.5) is 5.82 Å². The molecule has 0 aliphatic carbocycles. The molecular weight excluding hydrogens is 406 g/mol. The summed E-state index contributed by atoms with van der Waals surface area (Å²) in [6, 6.07) is 14.6. The predicted octanol–water partition coefficient (Wildman–Crippen LogP) is 3.37. The Morgan fingerprint density at radius 3 is 2.63 bits per heavy atom. The number of esters is 1. The minimum Gasteiger partial charge on any atom is -0.487 e. The second-order valence-electron chi connectivity index (χ2n) is 6.28. The van der Waals surface area contributed by atoms with Crippen LogP contribution in [0.3, 0.4) is 0 Å². The Morgan fingerprint density at radius 2 is 1.93 bits per heavy atom. The molecule has 0 spiro atoms. The molecule has 1 amide bonds. The number of anilines is 1. The van der Waals surface area contributed by atoms with Crippen LogP contribution in [0.1, 0.15) is 17.0 Å². The zero-order valence-electron chi connectivity index (χ0n) is 16.4. The van der Waals surface area contributed by atoms with Gasteiger partial charge in [-0.2, -0.15) is 0 Å². The SMILES string of the molecule is Cc1cc(NC(=O)CSCC(=O)OCc2ccc(OCc3ccccn3)cc2)no1. The fraction of sp³-hybridized carbons (Fsp3) is 0.238. The van der Waals surface area contributed by atoms with Crippen molar-refractivity contribution in [2.45, 2.75) is 20.1 Å². The number of ether oxygens (including phenoxy) is 2. The van der Waals surface area contributed by atoms with E-state index in [1.165, 1.54) is 11.8 Å². The van der Waals surface area contributed by atoms with Gasteiger partial charge < -0.3 is 19.3 Å². The van der Waals surface area contributed by atoms with Crippen molar-refractivity contribution in [1.29, 1.82) is 0 Å². The number of rotatable bonds is 10. The smallest absolute Gasteiger partial charge is 0.316 e. The average Bonchev–Trinajstić information content (AvgIpc) is 3.16. The summed E-state index contributed by atoms with van der Waals surface area (Å²) in [4.78, 5) is 27.8. The van der Waals surface area contributed by atoms with Gasteiger partial charge in [0.25, 0.3) is 0 Å². The summed E-state index contributed by atoms with van der Waals surface area (Å²) in [5.41, 5.74) is 1.69. The van der Waals surface area contributed by atoms with Gasteiger partial charge in [-0.1, -0.05) is 23.4 Å². The molecule has 3 aromatic rings. The van der Waals surface area contributed by atoms with Gasteiger partial charge in [-0.05, 0) is 36.8 Å². The Hall–Kier alpha value is -3.33. The van der Waals surface area contributed by atoms with Crippen LogP contribution in [0.2, 0.25) is 0 Å². The van der Waals surface area contributed by atoms with Crippen LogP contribution in [0.25, 0.3) is 0 Å². The number of aromatic nitrogens is 2. The molecule has 0 saturated carbocycles. The summed E-state index contributed by atoms with van der Waals surface area (Å²) in [7, 11) is 0. The van der Waals surface area contributed by atoms with E-state index in [0.29, 0.717) is 23.9 Å². The van der Waals surface area contributed by atoms with Crippen molar-refractivity contribution in [3.05, 3.63) is 71.7 Å². The molecule has 0 unspecified atom stereocenters. The zero-order valence-corrected chi connectivity index (χ0v) is 17.2. The normalized spacial score (nSPS) is 10.4. The number of benzene rings is 1. The Bertz CT molecular complexity index is 960. The van der Waals surface area contributed by atoms with Crippen molar-refractivity contribution in [2.24, 2.45) is 0 Å². The summed E-state index contributed by atoms with van der Waals surface area (Å²) >= 11 is 1.17. The van der Waals surface area contributed by atoms with Gasteiger partial charge in [-0.3, -0.25) is 14.6 Å². The summed E-state index contributed by atoms with van der Waals surface area (Å²) in [6.45, 7) is 2.27. The van der Waals surface area contributed by atoms with Crippen LogP contribution >= 0.6 is 11.8 Å². The van der Waals surface area contributed by atoms with E-state index in [4.69, 9.17) is 14.0 Å². The predicted molar refractivity (Wildman–Crippen MR) is 112 cm³/mol. The van der Waals surface area contributed by atoms with Crippen molar-refractivity contribution < 1.29 is 23.6 Å². The Morgan fingerprint density at radius 1 is 1.10 bits per heavy atom. The van der Waals surface area contributed by atoms with Crippen molar-refractivity contribution in [1.82, 2.24) is 10.1 Å². The van der Waals surface area contributed by atoms with E-state index in [-0.39, 0.29) is 30.0 Å². The summed E-state index contributed by atoms with van der Waals surface area (Å²) in [6.07, 6.45) is 1.72. The lowest BCUT2D eigenvalue weighted by atomic mass is 10.2. The second kappa shape index (κ2) is 11.0. The summed E-state index contributed by atoms with van der Waals surface area (Å²) < 4.78 is 15.8. The van der Waals surface area contributed by atoms with E-state index in [2.05, 4.69) is 15.5 Å². The van der Waals surface area contributed by atoms with Crippen LogP contribution in [-0.2, 0) is 27.5 Å². The van der Waals surface area contributed by atoms with Gasteiger partial charge >= 0.3 is 5.97 Å². The van der Waals surface area contributed by atoms with Crippen LogP contribution in [0, 0.1) is 6.92 Å². The van der Waals surface area contributed by atoms with Gasteiger partial charge in [-0.15, -0.1) is 11.8 Å². The van der Waals surface area contributed by atoms with E-state index >= 15 is 0 Å². The number of thioether (sulfide) groups is 1. The largest absolute Gasteiger partial charge is 0.487 e. The molecule has 30 heavy (non-hydrogen) atoms. The van der Waals surface area contributed by atoms with Gasteiger partial charge in [0.2, 0.25) is 5.91 Å². The van der Waals surface area contributed by atoms with Crippen molar-refractivity contribution in [3.8, 4) is 5.75 Å². The molecule has 156 valence electrons. The maximum absolute atomic E-state index is 11.9. The van der Waals surface area contributed by atoms with Crippen LogP contribution in [-0.4, -0.2) is 33.5 Å². The molecule has 0 atom stereocenters. The first-order valence-corrected chi connectivity index (χ1v) is 10.3. The standard InChI is InChI=1S/C21H21N3O5S/c1-15-10-19(24-29-15)23-20(25)13-30-14-21(26)28-11-16-5-7-18(8-6-16)27-12-17-4-2-3-9-22-17/h2-10H,11-14H2,1H3,(H,23,24,25). The van der Waals surface area contributed by atoms with Gasteiger partial charge in [-0.25, -0.2) is 0 Å². The lowest BCUT2D eigenvalue weighted by Crippen LogP contribution is -2.16. The summed E-state index contributed by atoms with van der Waals surface area (Å²) in [5, 5.41) is 6.26. The van der Waals surface area contributed by atoms with Crippen molar-refractivity contribution in [2.75, 3.05) is 16.8 Å². The molecule has 8 nitrogen and oxygen atoms in total. The lowest BCUT2D eigenvalue weighted by molar-refractivity contribution is -0.141. The number of aryl methyl sites for hydroxylation is 1.